The lowest BCUT2D eigenvalue weighted by Crippen LogP contribution is -2.44. The molecule has 1 atom stereocenters. The van der Waals surface area contributed by atoms with Gasteiger partial charge in [0.1, 0.15) is 0 Å². The zero-order valence-electron chi connectivity index (χ0n) is 13.6. The molecule has 1 heterocycles. The molecular formula is C18H15ClN2O3S. The Morgan fingerprint density at radius 3 is 2.44 bits per heavy atom. The lowest BCUT2D eigenvalue weighted by atomic mass is 10.2. The molecule has 2 aromatic rings. The predicted octanol–water partition coefficient (Wildman–Crippen LogP) is 4.23. The van der Waals surface area contributed by atoms with Gasteiger partial charge in [0.05, 0.1) is 5.69 Å². The van der Waals surface area contributed by atoms with Crippen LogP contribution in [-0.2, 0) is 9.59 Å². The smallest absolute Gasteiger partial charge is 0.290 e. The van der Waals surface area contributed by atoms with Crippen molar-refractivity contribution in [3.63, 3.8) is 0 Å². The van der Waals surface area contributed by atoms with Crippen molar-refractivity contribution in [3.8, 4) is 0 Å². The zero-order chi connectivity index (χ0) is 18.1. The van der Waals surface area contributed by atoms with E-state index in [9.17, 15) is 14.4 Å². The Morgan fingerprint density at radius 1 is 1.16 bits per heavy atom. The standard InChI is InChI=1S/C18H15ClN2O3S/c1-11-4-3-5-15(10-11)21-16(23)17(25-18(21)24)20(12(2)22)14-8-6-13(19)7-9-14/h3-10,17H,1-2H3/t17-/m1/s1. The van der Waals surface area contributed by atoms with Gasteiger partial charge in [-0.2, -0.15) is 0 Å². The van der Waals surface area contributed by atoms with Crippen molar-refractivity contribution >= 4 is 51.8 Å². The van der Waals surface area contributed by atoms with Gasteiger partial charge in [-0.1, -0.05) is 23.7 Å². The van der Waals surface area contributed by atoms with Gasteiger partial charge >= 0.3 is 0 Å². The van der Waals surface area contributed by atoms with Crippen molar-refractivity contribution in [1.82, 2.24) is 0 Å². The number of rotatable bonds is 3. The summed E-state index contributed by atoms with van der Waals surface area (Å²) >= 11 is 6.72. The monoisotopic (exact) mass is 374 g/mol. The second-order valence-electron chi connectivity index (χ2n) is 5.61. The second kappa shape index (κ2) is 6.90. The van der Waals surface area contributed by atoms with E-state index in [-0.39, 0.29) is 5.91 Å². The van der Waals surface area contributed by atoms with Crippen LogP contribution in [-0.4, -0.2) is 22.4 Å². The number of amides is 3. The van der Waals surface area contributed by atoms with Gasteiger partial charge in [-0.05, 0) is 60.6 Å². The molecule has 7 heteroatoms. The summed E-state index contributed by atoms with van der Waals surface area (Å²) in [5.74, 6) is -0.766. The van der Waals surface area contributed by atoms with Crippen molar-refractivity contribution < 1.29 is 14.4 Å². The Bertz CT molecular complexity index is 854. The zero-order valence-corrected chi connectivity index (χ0v) is 15.2. The number of halogens is 1. The third-order valence-corrected chi connectivity index (χ3v) is 5.04. The quantitative estimate of drug-likeness (QED) is 0.806. The number of nitrogens with zero attached hydrogens (tertiary/aromatic N) is 2. The van der Waals surface area contributed by atoms with Crippen molar-refractivity contribution in [3.05, 3.63) is 59.1 Å². The van der Waals surface area contributed by atoms with Gasteiger partial charge in [0.25, 0.3) is 11.1 Å². The van der Waals surface area contributed by atoms with Crippen LogP contribution in [0.5, 0.6) is 0 Å². The molecule has 128 valence electrons. The first-order valence-corrected chi connectivity index (χ1v) is 8.81. The molecule has 0 bridgehead atoms. The van der Waals surface area contributed by atoms with E-state index in [0.29, 0.717) is 16.4 Å². The topological polar surface area (TPSA) is 57.7 Å². The first-order chi connectivity index (χ1) is 11.9. The molecule has 0 radical (unpaired) electrons. The number of hydrogen-bond donors (Lipinski definition) is 0. The molecular weight excluding hydrogens is 360 g/mol. The molecule has 5 nitrogen and oxygen atoms in total. The van der Waals surface area contributed by atoms with E-state index >= 15 is 0 Å². The van der Waals surface area contributed by atoms with Crippen LogP contribution in [0.15, 0.2) is 48.5 Å². The molecule has 3 rings (SSSR count). The first-order valence-electron chi connectivity index (χ1n) is 7.55. The molecule has 0 aromatic heterocycles. The van der Waals surface area contributed by atoms with Gasteiger partial charge in [-0.25, -0.2) is 4.90 Å². The summed E-state index contributed by atoms with van der Waals surface area (Å²) in [5.41, 5.74) is 1.96. The van der Waals surface area contributed by atoms with E-state index in [1.807, 2.05) is 13.0 Å². The van der Waals surface area contributed by atoms with Crippen LogP contribution in [0.2, 0.25) is 5.02 Å². The van der Waals surface area contributed by atoms with Gasteiger partial charge in [-0.15, -0.1) is 0 Å². The molecule has 0 spiro atoms. The Kier molecular flexibility index (Phi) is 4.83. The number of anilines is 2. The predicted molar refractivity (Wildman–Crippen MR) is 100 cm³/mol. The molecule has 1 aliphatic rings. The molecule has 1 aliphatic heterocycles. The molecule has 1 saturated heterocycles. The fraction of sp³-hybridized carbons (Fsp3) is 0.167. The molecule has 2 aromatic carbocycles. The van der Waals surface area contributed by atoms with E-state index in [1.54, 1.807) is 42.5 Å². The fourth-order valence-corrected chi connectivity index (χ4v) is 3.85. The highest BCUT2D eigenvalue weighted by atomic mass is 35.5. The van der Waals surface area contributed by atoms with E-state index < -0.39 is 16.5 Å². The molecule has 25 heavy (non-hydrogen) atoms. The fourth-order valence-electron chi connectivity index (χ4n) is 2.65. The largest absolute Gasteiger partial charge is 0.295 e. The van der Waals surface area contributed by atoms with Crippen LogP contribution < -0.4 is 9.80 Å². The molecule has 0 unspecified atom stereocenters. The number of carbonyl (C=O) groups excluding carboxylic acids is 3. The van der Waals surface area contributed by atoms with Crippen LogP contribution in [0.3, 0.4) is 0 Å². The lowest BCUT2D eigenvalue weighted by Gasteiger charge is -2.25. The van der Waals surface area contributed by atoms with Crippen LogP contribution >= 0.6 is 23.4 Å². The van der Waals surface area contributed by atoms with Gasteiger partial charge in [0, 0.05) is 17.6 Å². The SMILES string of the molecule is CC(=O)N(c1ccc(Cl)cc1)[C@@H]1SC(=O)N(c2cccc(C)c2)C1=O. The third-order valence-electron chi connectivity index (χ3n) is 3.77. The average Bonchev–Trinajstić information content (AvgIpc) is 2.84. The summed E-state index contributed by atoms with van der Waals surface area (Å²) in [7, 11) is 0. The summed E-state index contributed by atoms with van der Waals surface area (Å²) in [4.78, 5) is 39.9. The van der Waals surface area contributed by atoms with E-state index in [2.05, 4.69) is 0 Å². The maximum atomic E-state index is 12.9. The van der Waals surface area contributed by atoms with Crippen molar-refractivity contribution in [1.29, 1.82) is 0 Å². The van der Waals surface area contributed by atoms with Gasteiger partial charge in [0.15, 0.2) is 5.37 Å². The molecule has 0 saturated carbocycles. The number of hydrogen-bond acceptors (Lipinski definition) is 4. The van der Waals surface area contributed by atoms with Crippen LogP contribution in [0.1, 0.15) is 12.5 Å². The third kappa shape index (κ3) is 3.41. The van der Waals surface area contributed by atoms with Gasteiger partial charge < -0.3 is 0 Å². The Labute approximate surface area is 154 Å². The maximum absolute atomic E-state index is 12.9. The van der Waals surface area contributed by atoms with E-state index in [0.717, 1.165) is 22.2 Å². The number of imide groups is 1. The van der Waals surface area contributed by atoms with E-state index in [1.165, 1.54) is 11.8 Å². The highest BCUT2D eigenvalue weighted by Crippen LogP contribution is 2.36. The van der Waals surface area contributed by atoms with E-state index in [4.69, 9.17) is 11.6 Å². The van der Waals surface area contributed by atoms with Gasteiger partial charge in [-0.3, -0.25) is 19.3 Å². The number of aryl methyl sites for hydroxylation is 1. The van der Waals surface area contributed by atoms with Crippen LogP contribution in [0.4, 0.5) is 16.2 Å². The average molecular weight is 375 g/mol. The summed E-state index contributed by atoms with van der Waals surface area (Å²) < 4.78 is 0. The van der Waals surface area contributed by atoms with Gasteiger partial charge in [0.2, 0.25) is 5.91 Å². The Hall–Kier alpha value is -2.31. The minimum absolute atomic E-state index is 0.327. The lowest BCUT2D eigenvalue weighted by molar-refractivity contribution is -0.121. The minimum Gasteiger partial charge on any atom is -0.290 e. The highest BCUT2D eigenvalue weighted by molar-refractivity contribution is 8.16. The Balaban J connectivity index is 1.96. The molecule has 1 fully saturated rings. The number of benzene rings is 2. The normalized spacial score (nSPS) is 17.1. The molecule has 0 N–H and O–H groups in total. The summed E-state index contributed by atoms with van der Waals surface area (Å²) in [5, 5.41) is -0.817. The number of thioether (sulfide) groups is 1. The number of carbonyl (C=O) groups is 3. The van der Waals surface area contributed by atoms with Crippen molar-refractivity contribution in [2.75, 3.05) is 9.80 Å². The highest BCUT2D eigenvalue weighted by Gasteiger charge is 2.45. The maximum Gasteiger partial charge on any atom is 0.295 e. The summed E-state index contributed by atoms with van der Waals surface area (Å²) in [6.45, 7) is 3.25. The first kappa shape index (κ1) is 17.5. The van der Waals surface area contributed by atoms with Crippen LogP contribution in [0, 0.1) is 6.92 Å². The second-order valence-corrected chi connectivity index (χ2v) is 7.08. The van der Waals surface area contributed by atoms with Crippen molar-refractivity contribution in [2.45, 2.75) is 19.2 Å². The molecule has 3 amide bonds. The summed E-state index contributed by atoms with van der Waals surface area (Å²) in [6, 6.07) is 13.7. The molecule has 0 aliphatic carbocycles. The van der Waals surface area contributed by atoms with Crippen molar-refractivity contribution in [2.24, 2.45) is 0 Å². The summed E-state index contributed by atoms with van der Waals surface area (Å²) in [6.07, 6.45) is 0. The Morgan fingerprint density at radius 2 is 1.84 bits per heavy atom. The van der Waals surface area contributed by atoms with Crippen LogP contribution in [0.25, 0.3) is 0 Å². The minimum atomic E-state index is -0.938.